The number of hydrogen-bond donors (Lipinski definition) is 1. The van der Waals surface area contributed by atoms with E-state index in [1.807, 2.05) is 11.8 Å². The molecule has 0 radical (unpaired) electrons. The van der Waals surface area contributed by atoms with E-state index in [0.717, 1.165) is 12.8 Å². The Morgan fingerprint density at radius 1 is 1.26 bits per heavy atom. The number of benzene rings is 2. The molecule has 1 saturated heterocycles. The number of hydrogen-bond acceptors (Lipinski definition) is 8. The zero-order valence-electron chi connectivity index (χ0n) is 19.8. The van der Waals surface area contributed by atoms with Crippen LogP contribution in [0.15, 0.2) is 39.5 Å². The number of anilines is 1. The Morgan fingerprint density at radius 3 is 2.86 bits per heavy atom. The highest BCUT2D eigenvalue weighted by Crippen LogP contribution is 2.38. The lowest BCUT2D eigenvalue weighted by Gasteiger charge is -2.33. The Balaban J connectivity index is 1.76. The van der Waals surface area contributed by atoms with E-state index in [2.05, 4.69) is 9.97 Å². The normalized spacial score (nSPS) is 16.2. The summed E-state index contributed by atoms with van der Waals surface area (Å²) < 4.78 is 31.8. The molecule has 9 heteroatoms. The van der Waals surface area contributed by atoms with Gasteiger partial charge in [-0.2, -0.15) is 9.97 Å². The van der Waals surface area contributed by atoms with Crippen molar-refractivity contribution in [3.05, 3.63) is 52.1 Å². The molecule has 1 N–H and O–H groups in total. The lowest BCUT2D eigenvalue weighted by atomic mass is 9.98. The molecular formula is C26H26FN3O5. The van der Waals surface area contributed by atoms with Crippen LogP contribution < -0.4 is 15.3 Å². The molecule has 1 aliphatic rings. The number of aryl methyl sites for hydroxylation is 1. The van der Waals surface area contributed by atoms with Gasteiger partial charge in [0.2, 0.25) is 0 Å². The number of fused-ring (bicyclic) bond motifs is 2. The van der Waals surface area contributed by atoms with Crippen LogP contribution in [0, 0.1) is 12.7 Å². The van der Waals surface area contributed by atoms with E-state index in [1.54, 1.807) is 19.1 Å². The number of phenols is 1. The van der Waals surface area contributed by atoms with Crippen LogP contribution in [0.5, 0.6) is 11.8 Å². The molecule has 2 aromatic carbocycles. The summed E-state index contributed by atoms with van der Waals surface area (Å²) >= 11 is 0. The molecule has 1 atom stereocenters. The monoisotopic (exact) mass is 479 g/mol. The Morgan fingerprint density at radius 2 is 2.09 bits per heavy atom. The SMILES string of the molecule is CCOC1CCCN(c2nc(OC)nc3c(C)c(-c4cc(O)cc5cccc(F)c45)oc(=O)c23)C1. The third-order valence-electron chi connectivity index (χ3n) is 6.38. The number of ether oxygens (including phenoxy) is 2. The number of nitrogens with zero attached hydrogens (tertiary/aromatic N) is 3. The van der Waals surface area contributed by atoms with Gasteiger partial charge in [-0.15, -0.1) is 0 Å². The van der Waals surface area contributed by atoms with Gasteiger partial charge in [-0.3, -0.25) is 0 Å². The van der Waals surface area contributed by atoms with Crippen LogP contribution >= 0.6 is 0 Å². The lowest BCUT2D eigenvalue weighted by molar-refractivity contribution is 0.0525. The molecule has 5 rings (SSSR count). The number of aromatic hydroxyl groups is 1. The van der Waals surface area contributed by atoms with Gasteiger partial charge in [0.25, 0.3) is 0 Å². The van der Waals surface area contributed by atoms with E-state index >= 15 is 0 Å². The molecule has 0 amide bonds. The van der Waals surface area contributed by atoms with Crippen molar-refractivity contribution in [1.29, 1.82) is 0 Å². The number of aromatic nitrogens is 2. The summed E-state index contributed by atoms with van der Waals surface area (Å²) in [4.78, 5) is 24.4. The maximum atomic E-state index is 14.9. The molecule has 8 nitrogen and oxygen atoms in total. The van der Waals surface area contributed by atoms with Crippen LogP contribution in [0.2, 0.25) is 0 Å². The van der Waals surface area contributed by atoms with E-state index in [-0.39, 0.29) is 40.0 Å². The summed E-state index contributed by atoms with van der Waals surface area (Å²) in [7, 11) is 1.46. The highest BCUT2D eigenvalue weighted by Gasteiger charge is 2.27. The van der Waals surface area contributed by atoms with E-state index in [1.165, 1.54) is 25.3 Å². The summed E-state index contributed by atoms with van der Waals surface area (Å²) in [5.41, 5.74) is 0.479. The number of piperidine rings is 1. The number of rotatable bonds is 5. The summed E-state index contributed by atoms with van der Waals surface area (Å²) in [5, 5.41) is 11.3. The second-order valence-corrected chi connectivity index (χ2v) is 8.60. The van der Waals surface area contributed by atoms with E-state index < -0.39 is 11.4 Å². The predicted octanol–water partition coefficient (Wildman–Crippen LogP) is 4.57. The molecule has 0 bridgehead atoms. The molecular weight excluding hydrogens is 453 g/mol. The fourth-order valence-corrected chi connectivity index (χ4v) is 4.84. The summed E-state index contributed by atoms with van der Waals surface area (Å²) in [6.07, 6.45) is 1.84. The van der Waals surface area contributed by atoms with Crippen molar-refractivity contribution >= 4 is 27.5 Å². The molecule has 1 fully saturated rings. The van der Waals surface area contributed by atoms with Crippen molar-refractivity contribution < 1.29 is 23.4 Å². The van der Waals surface area contributed by atoms with Gasteiger partial charge < -0.3 is 23.9 Å². The molecule has 182 valence electrons. The van der Waals surface area contributed by atoms with Crippen LogP contribution in [-0.4, -0.2) is 48.0 Å². The number of methoxy groups -OCH3 is 1. The van der Waals surface area contributed by atoms with Gasteiger partial charge >= 0.3 is 11.6 Å². The molecule has 0 aliphatic carbocycles. The Labute approximate surface area is 200 Å². The fourth-order valence-electron chi connectivity index (χ4n) is 4.84. The average molecular weight is 480 g/mol. The second-order valence-electron chi connectivity index (χ2n) is 8.60. The van der Waals surface area contributed by atoms with Crippen LogP contribution in [0.3, 0.4) is 0 Å². The van der Waals surface area contributed by atoms with Gasteiger partial charge in [-0.1, -0.05) is 12.1 Å². The van der Waals surface area contributed by atoms with Gasteiger partial charge in [0.1, 0.15) is 22.7 Å². The summed E-state index contributed by atoms with van der Waals surface area (Å²) in [5.74, 6) is -0.00925. The van der Waals surface area contributed by atoms with E-state index in [9.17, 15) is 14.3 Å². The Kier molecular flexibility index (Phi) is 6.02. The van der Waals surface area contributed by atoms with Crippen molar-refractivity contribution in [2.45, 2.75) is 32.8 Å². The van der Waals surface area contributed by atoms with Gasteiger partial charge in [0.15, 0.2) is 5.82 Å². The molecule has 35 heavy (non-hydrogen) atoms. The first kappa shape index (κ1) is 23.0. The number of halogens is 1. The highest BCUT2D eigenvalue weighted by molar-refractivity contribution is 6.00. The first-order chi connectivity index (χ1) is 16.9. The average Bonchev–Trinajstić information content (AvgIpc) is 2.85. The van der Waals surface area contributed by atoms with E-state index in [0.29, 0.717) is 42.0 Å². The first-order valence-corrected chi connectivity index (χ1v) is 11.6. The zero-order chi connectivity index (χ0) is 24.7. The van der Waals surface area contributed by atoms with Crippen LogP contribution in [0.4, 0.5) is 10.2 Å². The topological polar surface area (TPSA) is 97.9 Å². The van der Waals surface area contributed by atoms with Crippen LogP contribution in [0.1, 0.15) is 25.3 Å². The van der Waals surface area contributed by atoms with Crippen LogP contribution in [0.25, 0.3) is 33.0 Å². The minimum absolute atomic E-state index is 0.0267. The Bertz CT molecular complexity index is 1480. The van der Waals surface area contributed by atoms with Crippen molar-refractivity contribution in [2.75, 3.05) is 31.7 Å². The van der Waals surface area contributed by atoms with Crippen LogP contribution in [-0.2, 0) is 4.74 Å². The van der Waals surface area contributed by atoms with E-state index in [4.69, 9.17) is 13.9 Å². The molecule has 0 saturated carbocycles. The molecule has 3 heterocycles. The maximum Gasteiger partial charge on any atom is 0.349 e. The first-order valence-electron chi connectivity index (χ1n) is 11.6. The van der Waals surface area contributed by atoms with Gasteiger partial charge in [0.05, 0.1) is 18.7 Å². The molecule has 0 spiro atoms. The standard InChI is InChI=1S/C26H26FN3O5/c1-4-34-17-8-6-10-30(13-17)24-21-22(28-26(29-24)33-3)14(2)23(35-25(21)32)18-12-16(31)11-15-7-5-9-19(27)20(15)18/h5,7,9,11-12,17,31H,4,6,8,10,13H2,1-3H3. The van der Waals surface area contributed by atoms with Crippen molar-refractivity contribution in [3.63, 3.8) is 0 Å². The van der Waals surface area contributed by atoms with Crippen molar-refractivity contribution in [3.8, 4) is 23.1 Å². The fraction of sp³-hybridized carbons (Fsp3) is 0.346. The largest absolute Gasteiger partial charge is 0.508 e. The van der Waals surface area contributed by atoms with Crippen molar-refractivity contribution in [1.82, 2.24) is 9.97 Å². The third kappa shape index (κ3) is 4.05. The molecule has 4 aromatic rings. The third-order valence-corrected chi connectivity index (χ3v) is 6.38. The number of phenolic OH excluding ortho intramolecular Hbond substituents is 1. The molecule has 1 unspecified atom stereocenters. The Hall–Kier alpha value is -3.72. The quantitative estimate of drug-likeness (QED) is 0.445. The summed E-state index contributed by atoms with van der Waals surface area (Å²) in [6, 6.07) is 7.53. The van der Waals surface area contributed by atoms with Gasteiger partial charge in [-0.25, -0.2) is 9.18 Å². The minimum atomic E-state index is -0.649. The lowest BCUT2D eigenvalue weighted by Crippen LogP contribution is -2.40. The van der Waals surface area contributed by atoms with Gasteiger partial charge in [-0.05, 0) is 50.3 Å². The highest BCUT2D eigenvalue weighted by atomic mass is 19.1. The van der Waals surface area contributed by atoms with Crippen molar-refractivity contribution in [2.24, 2.45) is 0 Å². The predicted molar refractivity (Wildman–Crippen MR) is 131 cm³/mol. The minimum Gasteiger partial charge on any atom is -0.508 e. The smallest absolute Gasteiger partial charge is 0.349 e. The molecule has 2 aromatic heterocycles. The molecule has 1 aliphatic heterocycles. The summed E-state index contributed by atoms with van der Waals surface area (Å²) in [6.45, 7) is 5.57. The zero-order valence-corrected chi connectivity index (χ0v) is 19.8. The van der Waals surface area contributed by atoms with Gasteiger partial charge in [0, 0.05) is 36.2 Å². The second kappa shape index (κ2) is 9.14. The maximum absolute atomic E-state index is 14.9.